The van der Waals surface area contributed by atoms with Gasteiger partial charge in [-0.2, -0.15) is 0 Å². The van der Waals surface area contributed by atoms with E-state index in [1.165, 1.54) is 6.07 Å². The molecule has 0 aliphatic heterocycles. The lowest BCUT2D eigenvalue weighted by Gasteiger charge is -2.08. The van der Waals surface area contributed by atoms with Crippen LogP contribution in [0.5, 0.6) is 0 Å². The summed E-state index contributed by atoms with van der Waals surface area (Å²) in [7, 11) is 0. The fourth-order valence-electron chi connectivity index (χ4n) is 1.12. The van der Waals surface area contributed by atoms with Crippen molar-refractivity contribution < 1.29 is 9.90 Å². The number of carboxylic acids is 1. The highest BCUT2D eigenvalue weighted by molar-refractivity contribution is 6.31. The maximum Gasteiger partial charge on any atom is 0.337 e. The first-order chi connectivity index (χ1) is 7.15. The maximum atomic E-state index is 10.9. The van der Waals surface area contributed by atoms with Crippen molar-refractivity contribution in [1.29, 1.82) is 0 Å². The van der Waals surface area contributed by atoms with Crippen LogP contribution in [-0.4, -0.2) is 17.6 Å². The van der Waals surface area contributed by atoms with Crippen LogP contribution in [-0.2, 0) is 0 Å². The molecular formula is C11H10ClNO2. The highest BCUT2D eigenvalue weighted by atomic mass is 35.5. The zero-order valence-electron chi connectivity index (χ0n) is 7.96. The van der Waals surface area contributed by atoms with Crippen molar-refractivity contribution in [2.75, 3.05) is 11.9 Å². The van der Waals surface area contributed by atoms with E-state index in [2.05, 4.69) is 11.2 Å². The molecule has 0 heterocycles. The van der Waals surface area contributed by atoms with Gasteiger partial charge in [-0.3, -0.25) is 0 Å². The summed E-state index contributed by atoms with van der Waals surface area (Å²) >= 11 is 5.70. The maximum absolute atomic E-state index is 10.9. The molecule has 78 valence electrons. The Morgan fingerprint density at radius 3 is 2.93 bits per heavy atom. The average molecular weight is 224 g/mol. The molecule has 1 aromatic rings. The standard InChI is InChI=1S/C11H10ClNO2/c1-2-3-6-13-10-5-4-8(12)7-9(10)11(14)15/h1,4-5,7,13H,3,6H2,(H,14,15). The average Bonchev–Trinajstić information content (AvgIpc) is 2.20. The van der Waals surface area contributed by atoms with E-state index >= 15 is 0 Å². The van der Waals surface area contributed by atoms with Gasteiger partial charge in [-0.05, 0) is 18.2 Å². The number of rotatable bonds is 4. The van der Waals surface area contributed by atoms with E-state index in [4.69, 9.17) is 23.1 Å². The van der Waals surface area contributed by atoms with Gasteiger partial charge in [0.2, 0.25) is 0 Å². The van der Waals surface area contributed by atoms with Gasteiger partial charge in [0.1, 0.15) is 0 Å². The smallest absolute Gasteiger partial charge is 0.337 e. The normalized spacial score (nSPS) is 9.33. The first-order valence-corrected chi connectivity index (χ1v) is 4.73. The summed E-state index contributed by atoms with van der Waals surface area (Å²) < 4.78 is 0. The van der Waals surface area contributed by atoms with Crippen molar-refractivity contribution in [3.8, 4) is 12.3 Å². The van der Waals surface area contributed by atoms with Crippen LogP contribution < -0.4 is 5.32 Å². The zero-order chi connectivity index (χ0) is 11.3. The number of hydrogen-bond donors (Lipinski definition) is 2. The van der Waals surface area contributed by atoms with Crippen molar-refractivity contribution in [3.63, 3.8) is 0 Å². The molecule has 1 aromatic carbocycles. The third-order valence-corrected chi connectivity index (χ3v) is 2.03. The summed E-state index contributed by atoms with van der Waals surface area (Å²) in [6.07, 6.45) is 5.63. The monoisotopic (exact) mass is 223 g/mol. The molecule has 0 aliphatic rings. The Morgan fingerprint density at radius 2 is 2.33 bits per heavy atom. The fourth-order valence-corrected chi connectivity index (χ4v) is 1.29. The molecule has 0 radical (unpaired) electrons. The molecule has 0 atom stereocenters. The van der Waals surface area contributed by atoms with Gasteiger partial charge in [0.05, 0.1) is 5.56 Å². The van der Waals surface area contributed by atoms with E-state index in [0.717, 1.165) is 0 Å². The molecule has 0 aromatic heterocycles. The Hall–Kier alpha value is -1.66. The Morgan fingerprint density at radius 1 is 1.60 bits per heavy atom. The number of halogens is 1. The Balaban J connectivity index is 2.87. The second-order valence-corrected chi connectivity index (χ2v) is 3.31. The number of terminal acetylenes is 1. The van der Waals surface area contributed by atoms with Gasteiger partial charge in [-0.25, -0.2) is 4.79 Å². The lowest BCUT2D eigenvalue weighted by Crippen LogP contribution is -2.07. The van der Waals surface area contributed by atoms with Crippen molar-refractivity contribution in [2.45, 2.75) is 6.42 Å². The molecule has 0 spiro atoms. The highest BCUT2D eigenvalue weighted by Crippen LogP contribution is 2.20. The summed E-state index contributed by atoms with van der Waals surface area (Å²) in [4.78, 5) is 10.9. The minimum Gasteiger partial charge on any atom is -0.478 e. The van der Waals surface area contributed by atoms with E-state index < -0.39 is 5.97 Å². The Kier molecular flexibility index (Phi) is 4.02. The number of hydrogen-bond acceptors (Lipinski definition) is 2. The van der Waals surface area contributed by atoms with Crippen molar-refractivity contribution in [3.05, 3.63) is 28.8 Å². The van der Waals surface area contributed by atoms with Crippen molar-refractivity contribution in [1.82, 2.24) is 0 Å². The van der Waals surface area contributed by atoms with Gasteiger partial charge < -0.3 is 10.4 Å². The van der Waals surface area contributed by atoms with E-state index in [1.54, 1.807) is 12.1 Å². The molecule has 0 saturated heterocycles. The number of carboxylic acid groups (broad SMARTS) is 1. The van der Waals surface area contributed by atoms with Crippen LogP contribution in [0.4, 0.5) is 5.69 Å². The third kappa shape index (κ3) is 3.19. The second kappa shape index (κ2) is 5.28. The summed E-state index contributed by atoms with van der Waals surface area (Å²) in [5.74, 6) is 1.45. The number of aromatic carboxylic acids is 1. The largest absolute Gasteiger partial charge is 0.478 e. The molecule has 0 bridgehead atoms. The Labute approximate surface area is 93.1 Å². The van der Waals surface area contributed by atoms with Crippen LogP contribution in [0.1, 0.15) is 16.8 Å². The number of carbonyl (C=O) groups is 1. The minimum atomic E-state index is -1.01. The molecule has 0 saturated carbocycles. The fraction of sp³-hybridized carbons (Fsp3) is 0.182. The summed E-state index contributed by atoms with van der Waals surface area (Å²) in [6, 6.07) is 4.66. The van der Waals surface area contributed by atoms with Crippen LogP contribution >= 0.6 is 11.6 Å². The summed E-state index contributed by atoms with van der Waals surface area (Å²) in [6.45, 7) is 0.540. The molecule has 0 unspecified atom stereocenters. The molecule has 2 N–H and O–H groups in total. The summed E-state index contributed by atoms with van der Waals surface area (Å²) in [5.41, 5.74) is 0.682. The van der Waals surface area contributed by atoms with Crippen LogP contribution in [0, 0.1) is 12.3 Å². The topological polar surface area (TPSA) is 49.3 Å². The molecule has 0 fully saturated rings. The van der Waals surface area contributed by atoms with Crippen LogP contribution in [0.2, 0.25) is 5.02 Å². The van der Waals surface area contributed by atoms with Crippen LogP contribution in [0.3, 0.4) is 0 Å². The van der Waals surface area contributed by atoms with E-state index in [0.29, 0.717) is 23.7 Å². The first kappa shape index (κ1) is 11.4. The van der Waals surface area contributed by atoms with Gasteiger partial charge in [-0.1, -0.05) is 11.6 Å². The number of anilines is 1. The van der Waals surface area contributed by atoms with E-state index in [9.17, 15) is 4.79 Å². The SMILES string of the molecule is C#CCCNc1ccc(Cl)cc1C(=O)O. The lowest BCUT2D eigenvalue weighted by atomic mass is 10.2. The predicted molar refractivity (Wildman–Crippen MR) is 60.4 cm³/mol. The second-order valence-electron chi connectivity index (χ2n) is 2.88. The summed E-state index contributed by atoms with van der Waals surface area (Å²) in [5, 5.41) is 12.2. The quantitative estimate of drug-likeness (QED) is 0.609. The van der Waals surface area contributed by atoms with Crippen LogP contribution in [0.15, 0.2) is 18.2 Å². The molecular weight excluding hydrogens is 214 g/mol. The van der Waals surface area contributed by atoms with E-state index in [-0.39, 0.29) is 5.56 Å². The zero-order valence-corrected chi connectivity index (χ0v) is 8.71. The van der Waals surface area contributed by atoms with Gasteiger partial charge in [0.15, 0.2) is 0 Å². The van der Waals surface area contributed by atoms with Gasteiger partial charge in [0.25, 0.3) is 0 Å². The minimum absolute atomic E-state index is 0.152. The first-order valence-electron chi connectivity index (χ1n) is 4.35. The molecule has 3 nitrogen and oxygen atoms in total. The number of nitrogens with one attached hydrogen (secondary N) is 1. The Bertz CT molecular complexity index is 410. The molecule has 4 heteroatoms. The highest BCUT2D eigenvalue weighted by Gasteiger charge is 2.09. The molecule has 15 heavy (non-hydrogen) atoms. The lowest BCUT2D eigenvalue weighted by molar-refractivity contribution is 0.0698. The van der Waals surface area contributed by atoms with Crippen molar-refractivity contribution in [2.24, 2.45) is 0 Å². The van der Waals surface area contributed by atoms with E-state index in [1.807, 2.05) is 0 Å². The van der Waals surface area contributed by atoms with Crippen molar-refractivity contribution >= 4 is 23.3 Å². The van der Waals surface area contributed by atoms with Gasteiger partial charge >= 0.3 is 5.97 Å². The van der Waals surface area contributed by atoms with Gasteiger partial charge in [0, 0.05) is 23.7 Å². The molecule has 0 amide bonds. The molecule has 0 aliphatic carbocycles. The van der Waals surface area contributed by atoms with Crippen LogP contribution in [0.25, 0.3) is 0 Å². The molecule has 1 rings (SSSR count). The third-order valence-electron chi connectivity index (χ3n) is 1.80. The number of benzene rings is 1. The van der Waals surface area contributed by atoms with Gasteiger partial charge in [-0.15, -0.1) is 12.3 Å². The predicted octanol–water partition coefficient (Wildman–Crippen LogP) is 2.47.